The number of nitrogens with zero attached hydrogens (tertiary/aromatic N) is 3. The van der Waals surface area contributed by atoms with Crippen molar-refractivity contribution in [2.24, 2.45) is 25.8 Å². The summed E-state index contributed by atoms with van der Waals surface area (Å²) in [6, 6.07) is 8.81. The molecule has 24 heavy (non-hydrogen) atoms. The summed E-state index contributed by atoms with van der Waals surface area (Å²) in [6.07, 6.45) is 6.35. The molecule has 0 N–H and O–H groups in total. The Hall–Kier alpha value is -1.77. The summed E-state index contributed by atoms with van der Waals surface area (Å²) in [6.45, 7) is 7.72. The Balaban J connectivity index is 1.49. The van der Waals surface area contributed by atoms with Crippen LogP contribution in [-0.4, -0.2) is 23.9 Å². The molecule has 3 fully saturated rings. The highest BCUT2D eigenvalue weighted by Gasteiger charge is 2.60. The molecule has 0 aromatic heterocycles. The number of aliphatic imine (C=N–C) groups is 3. The van der Waals surface area contributed by atoms with Gasteiger partial charge in [0.25, 0.3) is 0 Å². The lowest BCUT2D eigenvalue weighted by molar-refractivity contribution is 0.590. The third kappa shape index (κ3) is 2.28. The third-order valence-electron chi connectivity index (χ3n) is 6.17. The quantitative estimate of drug-likeness (QED) is 0.538. The molecule has 4 aliphatic rings. The summed E-state index contributed by atoms with van der Waals surface area (Å²) >= 11 is 0. The predicted molar refractivity (Wildman–Crippen MR) is 99.4 cm³/mol. The van der Waals surface area contributed by atoms with Gasteiger partial charge in [0.15, 0.2) is 5.84 Å². The van der Waals surface area contributed by atoms with Crippen molar-refractivity contribution in [3.63, 3.8) is 0 Å². The van der Waals surface area contributed by atoms with Crippen LogP contribution in [0.1, 0.15) is 64.0 Å². The van der Waals surface area contributed by atoms with Gasteiger partial charge in [-0.15, -0.1) is 0 Å². The highest BCUT2D eigenvalue weighted by atomic mass is 15.1. The van der Waals surface area contributed by atoms with Gasteiger partial charge in [-0.1, -0.05) is 45.0 Å². The average molecular weight is 319 g/mol. The normalized spacial score (nSPS) is 27.2. The smallest absolute Gasteiger partial charge is 0.161 e. The Kier molecular flexibility index (Phi) is 2.69. The molecule has 0 unspecified atom stereocenters. The van der Waals surface area contributed by atoms with Gasteiger partial charge in [0.05, 0.1) is 6.54 Å². The maximum Gasteiger partial charge on any atom is 0.161 e. The maximum absolute atomic E-state index is 4.97. The zero-order valence-electron chi connectivity index (χ0n) is 14.9. The van der Waals surface area contributed by atoms with Crippen LogP contribution in [0.4, 0.5) is 0 Å². The maximum atomic E-state index is 4.97. The van der Waals surface area contributed by atoms with Crippen LogP contribution < -0.4 is 0 Å². The highest BCUT2D eigenvalue weighted by Crippen LogP contribution is 2.63. The van der Waals surface area contributed by atoms with Crippen LogP contribution in [0.2, 0.25) is 0 Å². The molecule has 0 radical (unpaired) electrons. The lowest BCUT2D eigenvalue weighted by Gasteiger charge is -2.22. The minimum absolute atomic E-state index is 0.173. The lowest BCUT2D eigenvalue weighted by Crippen LogP contribution is -2.28. The first-order valence-electron chi connectivity index (χ1n) is 9.23. The summed E-state index contributed by atoms with van der Waals surface area (Å²) in [4.78, 5) is 14.4. The van der Waals surface area contributed by atoms with Crippen LogP contribution in [0.25, 0.3) is 0 Å². The van der Waals surface area contributed by atoms with Gasteiger partial charge < -0.3 is 0 Å². The second kappa shape index (κ2) is 4.44. The molecular formula is C21H25N3. The molecule has 0 amide bonds. The molecule has 0 bridgehead atoms. The number of amidine groups is 2. The van der Waals surface area contributed by atoms with Crippen molar-refractivity contribution < 1.29 is 0 Å². The number of benzene rings is 1. The van der Waals surface area contributed by atoms with Gasteiger partial charge in [-0.25, -0.2) is 9.98 Å². The molecule has 3 heteroatoms. The van der Waals surface area contributed by atoms with Crippen molar-refractivity contribution in [3.05, 3.63) is 35.4 Å². The predicted octanol–water partition coefficient (Wildman–Crippen LogP) is 4.55. The fourth-order valence-electron chi connectivity index (χ4n) is 3.61. The second-order valence-electron chi connectivity index (χ2n) is 9.20. The topological polar surface area (TPSA) is 37.1 Å². The number of hydrogen-bond acceptors (Lipinski definition) is 2. The van der Waals surface area contributed by atoms with E-state index in [0.717, 1.165) is 23.8 Å². The van der Waals surface area contributed by atoms with Gasteiger partial charge in [0, 0.05) is 22.1 Å². The molecule has 124 valence electrons. The molecule has 1 aromatic rings. The first kappa shape index (κ1) is 14.6. The molecular weight excluding hydrogens is 294 g/mol. The summed E-state index contributed by atoms with van der Waals surface area (Å²) in [5.74, 6) is 1.94. The van der Waals surface area contributed by atoms with E-state index in [1.54, 1.807) is 0 Å². The van der Waals surface area contributed by atoms with E-state index < -0.39 is 0 Å². The minimum Gasteiger partial charge on any atom is -0.269 e. The number of hydrogen-bond donors (Lipinski definition) is 0. The fourth-order valence-corrected chi connectivity index (χ4v) is 3.61. The van der Waals surface area contributed by atoms with E-state index in [2.05, 4.69) is 50.0 Å². The molecule has 5 rings (SSSR count). The van der Waals surface area contributed by atoms with E-state index in [4.69, 9.17) is 9.98 Å². The molecule has 1 aliphatic heterocycles. The van der Waals surface area contributed by atoms with Crippen molar-refractivity contribution in [3.8, 4) is 0 Å². The molecule has 1 aromatic carbocycles. The summed E-state index contributed by atoms with van der Waals surface area (Å²) in [5.41, 5.74) is 4.84. The van der Waals surface area contributed by atoms with Crippen LogP contribution in [0.5, 0.6) is 0 Å². The van der Waals surface area contributed by atoms with Gasteiger partial charge in [-0.2, -0.15) is 0 Å². The van der Waals surface area contributed by atoms with E-state index in [1.165, 1.54) is 43.4 Å². The SMILES string of the molecule is CC(C)(C)c1ccc(C(=NC2=NCC23CC3)N=C2CC23CC3)cc1. The molecule has 3 aliphatic carbocycles. The molecule has 3 saturated carbocycles. The molecule has 2 spiro atoms. The summed E-state index contributed by atoms with van der Waals surface area (Å²) in [5, 5.41) is 0. The lowest BCUT2D eigenvalue weighted by atomic mass is 9.86. The molecule has 0 atom stereocenters. The Morgan fingerprint density at radius 3 is 2.12 bits per heavy atom. The summed E-state index contributed by atoms with van der Waals surface area (Å²) < 4.78 is 0. The summed E-state index contributed by atoms with van der Waals surface area (Å²) in [7, 11) is 0. The molecule has 3 nitrogen and oxygen atoms in total. The van der Waals surface area contributed by atoms with Crippen molar-refractivity contribution >= 4 is 17.4 Å². The van der Waals surface area contributed by atoms with E-state index in [0.29, 0.717) is 10.8 Å². The van der Waals surface area contributed by atoms with E-state index in [1.807, 2.05) is 0 Å². The zero-order valence-corrected chi connectivity index (χ0v) is 14.9. The largest absolute Gasteiger partial charge is 0.269 e. The van der Waals surface area contributed by atoms with Gasteiger partial charge >= 0.3 is 0 Å². The highest BCUT2D eigenvalue weighted by molar-refractivity contribution is 6.19. The molecule has 1 heterocycles. The van der Waals surface area contributed by atoms with Gasteiger partial charge in [0.1, 0.15) is 5.84 Å². The van der Waals surface area contributed by atoms with Crippen molar-refractivity contribution in [2.45, 2.75) is 58.3 Å². The monoisotopic (exact) mass is 319 g/mol. The third-order valence-corrected chi connectivity index (χ3v) is 6.17. The van der Waals surface area contributed by atoms with Gasteiger partial charge in [-0.3, -0.25) is 4.99 Å². The van der Waals surface area contributed by atoms with Crippen molar-refractivity contribution in [2.75, 3.05) is 6.54 Å². The van der Waals surface area contributed by atoms with Crippen LogP contribution in [-0.2, 0) is 5.41 Å². The second-order valence-corrected chi connectivity index (χ2v) is 9.20. The fraction of sp³-hybridized carbons (Fsp3) is 0.571. The Morgan fingerprint density at radius 2 is 1.67 bits per heavy atom. The van der Waals surface area contributed by atoms with E-state index in [-0.39, 0.29) is 5.41 Å². The Bertz CT molecular complexity index is 794. The number of rotatable bonds is 1. The minimum atomic E-state index is 0.173. The average Bonchev–Trinajstić information content (AvgIpc) is 3.40. The first-order valence-corrected chi connectivity index (χ1v) is 9.23. The van der Waals surface area contributed by atoms with E-state index >= 15 is 0 Å². The van der Waals surface area contributed by atoms with Crippen LogP contribution >= 0.6 is 0 Å². The van der Waals surface area contributed by atoms with Crippen molar-refractivity contribution in [1.29, 1.82) is 0 Å². The standard InChI is InChI=1S/C21H25N3/c1-19(2,3)15-6-4-14(5-7-15)17(23-16-12-20(16)8-9-20)24-18-21(10-11-21)13-22-18/h4-7H,8-13H2,1-3H3. The van der Waals surface area contributed by atoms with E-state index in [9.17, 15) is 0 Å². The van der Waals surface area contributed by atoms with Crippen LogP contribution in [0.3, 0.4) is 0 Å². The van der Waals surface area contributed by atoms with Crippen molar-refractivity contribution in [1.82, 2.24) is 0 Å². The Morgan fingerprint density at radius 1 is 1.00 bits per heavy atom. The zero-order chi connectivity index (χ0) is 16.6. The Labute approximate surface area is 144 Å². The van der Waals surface area contributed by atoms with Crippen LogP contribution in [0, 0.1) is 10.8 Å². The molecule has 0 saturated heterocycles. The van der Waals surface area contributed by atoms with Gasteiger partial charge in [-0.05, 0) is 43.1 Å². The first-order chi connectivity index (χ1) is 11.4. The van der Waals surface area contributed by atoms with Gasteiger partial charge in [0.2, 0.25) is 0 Å². The van der Waals surface area contributed by atoms with Crippen LogP contribution in [0.15, 0.2) is 39.2 Å².